The topological polar surface area (TPSA) is 41.6 Å². The second-order valence-corrected chi connectivity index (χ2v) is 7.82. The molecule has 2 aliphatic rings. The Kier molecular flexibility index (Phi) is 5.62. The van der Waals surface area contributed by atoms with Crippen molar-refractivity contribution in [2.24, 2.45) is 5.92 Å². The van der Waals surface area contributed by atoms with E-state index in [4.69, 9.17) is 4.74 Å². The first kappa shape index (κ1) is 18.9. The van der Waals surface area contributed by atoms with E-state index in [0.717, 1.165) is 42.9 Å². The van der Waals surface area contributed by atoms with Gasteiger partial charge in [0.25, 0.3) is 0 Å². The molecule has 1 saturated carbocycles. The molecule has 5 heteroatoms. The van der Waals surface area contributed by atoms with Crippen molar-refractivity contribution in [1.82, 2.24) is 0 Å². The molecule has 2 aromatic carbocycles. The van der Waals surface area contributed by atoms with Crippen LogP contribution in [0.2, 0.25) is 0 Å². The van der Waals surface area contributed by atoms with E-state index in [1.807, 2.05) is 36.4 Å². The van der Waals surface area contributed by atoms with Crippen molar-refractivity contribution in [3.8, 4) is 0 Å². The second-order valence-electron chi connectivity index (χ2n) is 7.82. The molecule has 2 aromatic rings. The Bertz CT molecular complexity index is 844. The maximum atomic E-state index is 13.7. The lowest BCUT2D eigenvalue weighted by Gasteiger charge is -2.30. The van der Waals surface area contributed by atoms with Crippen LogP contribution in [0.1, 0.15) is 36.3 Å². The highest BCUT2D eigenvalue weighted by atomic mass is 19.1. The summed E-state index contributed by atoms with van der Waals surface area (Å²) in [6.45, 7) is 4.84. The summed E-state index contributed by atoms with van der Waals surface area (Å²) in [5, 5.41) is 3.12. The molecule has 0 aromatic heterocycles. The maximum Gasteiger partial charge on any atom is 0.225 e. The summed E-state index contributed by atoms with van der Waals surface area (Å²) in [5.41, 5.74) is 3.60. The summed E-state index contributed by atoms with van der Waals surface area (Å²) >= 11 is 0. The zero-order valence-electron chi connectivity index (χ0n) is 16.3. The van der Waals surface area contributed by atoms with Crippen LogP contribution in [0.25, 0.3) is 0 Å². The molecule has 28 heavy (non-hydrogen) atoms. The van der Waals surface area contributed by atoms with E-state index in [0.29, 0.717) is 31.1 Å². The number of hydrogen-bond acceptors (Lipinski definition) is 3. The minimum Gasteiger partial charge on any atom is -0.378 e. The molecule has 1 amide bonds. The third-order valence-electron chi connectivity index (χ3n) is 5.74. The highest BCUT2D eigenvalue weighted by molar-refractivity contribution is 5.94. The van der Waals surface area contributed by atoms with Crippen LogP contribution in [0.3, 0.4) is 0 Å². The van der Waals surface area contributed by atoms with Gasteiger partial charge in [0.2, 0.25) is 5.91 Å². The fourth-order valence-electron chi connectivity index (χ4n) is 4.01. The molecule has 0 spiro atoms. The molecular weight excluding hydrogens is 355 g/mol. The van der Waals surface area contributed by atoms with Gasteiger partial charge in [0, 0.05) is 19.5 Å². The average Bonchev–Trinajstić information content (AvgIpc) is 3.55. The average molecular weight is 382 g/mol. The maximum absolute atomic E-state index is 13.7. The van der Waals surface area contributed by atoms with Crippen LogP contribution in [0.15, 0.2) is 42.5 Å². The normalized spacial score (nSPS) is 18.0. The lowest BCUT2D eigenvalue weighted by atomic mass is 9.89. The van der Waals surface area contributed by atoms with Crippen molar-refractivity contribution >= 4 is 17.3 Å². The third kappa shape index (κ3) is 4.36. The Morgan fingerprint density at radius 1 is 1.21 bits per heavy atom. The predicted molar refractivity (Wildman–Crippen MR) is 109 cm³/mol. The van der Waals surface area contributed by atoms with Crippen LogP contribution in [0.4, 0.5) is 15.8 Å². The van der Waals surface area contributed by atoms with Gasteiger partial charge in [-0.25, -0.2) is 4.39 Å². The first-order valence-corrected chi connectivity index (χ1v) is 10.1. The minimum atomic E-state index is -0.192. The number of nitrogens with one attached hydrogen (secondary N) is 1. The van der Waals surface area contributed by atoms with Gasteiger partial charge in [0.15, 0.2) is 0 Å². The third-order valence-corrected chi connectivity index (χ3v) is 5.74. The molecule has 1 unspecified atom stereocenters. The van der Waals surface area contributed by atoms with Crippen molar-refractivity contribution in [3.63, 3.8) is 0 Å². The largest absolute Gasteiger partial charge is 0.378 e. The van der Waals surface area contributed by atoms with Gasteiger partial charge >= 0.3 is 0 Å². The van der Waals surface area contributed by atoms with E-state index in [2.05, 4.69) is 10.2 Å². The Morgan fingerprint density at radius 3 is 2.68 bits per heavy atom. The first-order valence-electron chi connectivity index (χ1n) is 10.1. The van der Waals surface area contributed by atoms with E-state index >= 15 is 0 Å². The van der Waals surface area contributed by atoms with Crippen molar-refractivity contribution in [1.29, 1.82) is 0 Å². The van der Waals surface area contributed by atoms with Crippen LogP contribution < -0.4 is 10.2 Å². The van der Waals surface area contributed by atoms with Crippen LogP contribution in [0, 0.1) is 18.7 Å². The monoisotopic (exact) mass is 382 g/mol. The Hall–Kier alpha value is -2.40. The lowest BCUT2D eigenvalue weighted by Crippen LogP contribution is -2.36. The number of hydrogen-bond donors (Lipinski definition) is 1. The van der Waals surface area contributed by atoms with Crippen LogP contribution in [-0.4, -0.2) is 32.2 Å². The van der Waals surface area contributed by atoms with Gasteiger partial charge in [0.1, 0.15) is 5.82 Å². The summed E-state index contributed by atoms with van der Waals surface area (Å²) in [6, 6.07) is 13.2. The molecule has 1 heterocycles. The summed E-state index contributed by atoms with van der Waals surface area (Å²) in [7, 11) is 0. The van der Waals surface area contributed by atoms with Crippen molar-refractivity contribution in [2.45, 2.75) is 32.1 Å². The van der Waals surface area contributed by atoms with Crippen LogP contribution in [0.5, 0.6) is 0 Å². The zero-order chi connectivity index (χ0) is 19.5. The molecule has 0 radical (unpaired) electrons. The lowest BCUT2D eigenvalue weighted by molar-refractivity contribution is -0.116. The number of aryl methyl sites for hydroxylation is 1. The van der Waals surface area contributed by atoms with Gasteiger partial charge < -0.3 is 15.0 Å². The molecule has 1 saturated heterocycles. The summed E-state index contributed by atoms with van der Waals surface area (Å²) < 4.78 is 19.1. The number of rotatable bonds is 6. The van der Waals surface area contributed by atoms with E-state index in [1.165, 1.54) is 6.07 Å². The SMILES string of the molecule is Cc1cc(C(CC(=O)Nc2ccccc2N2CCOCC2)C2CC2)ccc1F. The number of nitrogens with zero attached hydrogens (tertiary/aromatic N) is 1. The van der Waals surface area contributed by atoms with Gasteiger partial charge in [-0.2, -0.15) is 0 Å². The zero-order valence-corrected chi connectivity index (χ0v) is 16.3. The van der Waals surface area contributed by atoms with E-state index in [1.54, 1.807) is 6.92 Å². The van der Waals surface area contributed by atoms with Crippen LogP contribution in [-0.2, 0) is 9.53 Å². The molecule has 148 valence electrons. The molecule has 4 rings (SSSR count). The highest BCUT2D eigenvalue weighted by Crippen LogP contribution is 2.45. The molecule has 2 fully saturated rings. The molecule has 1 aliphatic heterocycles. The second kappa shape index (κ2) is 8.31. The Morgan fingerprint density at radius 2 is 1.96 bits per heavy atom. The Labute approximate surface area is 165 Å². The predicted octanol–water partition coefficient (Wildman–Crippen LogP) is 4.49. The number of amides is 1. The summed E-state index contributed by atoms with van der Waals surface area (Å²) in [5.74, 6) is 0.488. The van der Waals surface area contributed by atoms with Gasteiger partial charge in [-0.3, -0.25) is 4.79 Å². The van der Waals surface area contributed by atoms with Gasteiger partial charge in [0.05, 0.1) is 24.6 Å². The summed E-state index contributed by atoms with van der Waals surface area (Å²) in [4.78, 5) is 15.1. The number of morpholine rings is 1. The number of para-hydroxylation sites is 2. The van der Waals surface area contributed by atoms with Gasteiger partial charge in [-0.15, -0.1) is 0 Å². The number of halogens is 1. The number of benzene rings is 2. The molecular formula is C23H27FN2O2. The minimum absolute atomic E-state index is 0.0135. The van der Waals surface area contributed by atoms with Gasteiger partial charge in [-0.1, -0.05) is 24.3 Å². The van der Waals surface area contributed by atoms with Crippen LogP contribution >= 0.6 is 0 Å². The van der Waals surface area contributed by atoms with Gasteiger partial charge in [-0.05, 0) is 60.9 Å². The smallest absolute Gasteiger partial charge is 0.225 e. The molecule has 1 N–H and O–H groups in total. The fraction of sp³-hybridized carbons (Fsp3) is 0.435. The first-order chi connectivity index (χ1) is 13.6. The quantitative estimate of drug-likeness (QED) is 0.800. The van der Waals surface area contributed by atoms with Crippen molar-refractivity contribution in [3.05, 3.63) is 59.4 Å². The van der Waals surface area contributed by atoms with E-state index in [9.17, 15) is 9.18 Å². The van der Waals surface area contributed by atoms with E-state index in [-0.39, 0.29) is 17.6 Å². The molecule has 1 atom stereocenters. The molecule has 4 nitrogen and oxygen atoms in total. The van der Waals surface area contributed by atoms with Crippen molar-refractivity contribution < 1.29 is 13.9 Å². The highest BCUT2D eigenvalue weighted by Gasteiger charge is 2.34. The molecule has 0 bridgehead atoms. The molecule has 1 aliphatic carbocycles. The number of anilines is 2. The number of carbonyl (C=O) groups excluding carboxylic acids is 1. The summed E-state index contributed by atoms with van der Waals surface area (Å²) in [6.07, 6.45) is 2.70. The van der Waals surface area contributed by atoms with Crippen molar-refractivity contribution in [2.75, 3.05) is 36.5 Å². The number of carbonyl (C=O) groups is 1. The number of ether oxygens (including phenoxy) is 1. The Balaban J connectivity index is 1.48. The fourth-order valence-corrected chi connectivity index (χ4v) is 4.01. The van der Waals surface area contributed by atoms with E-state index < -0.39 is 0 Å². The standard InChI is InChI=1S/C23H27FN2O2/c1-16-14-18(8-9-20(16)24)19(17-6-7-17)15-23(27)25-21-4-2-3-5-22(21)26-10-12-28-13-11-26/h2-5,8-9,14,17,19H,6-7,10-13,15H2,1H3,(H,25,27).